The van der Waals surface area contributed by atoms with Crippen molar-refractivity contribution < 1.29 is 4.74 Å². The lowest BCUT2D eigenvalue weighted by molar-refractivity contribution is 0.214. The standard InChI is InChI=1S/C16H14BrCl2NO/c1-9-8-21-14-5-3-2-4-11(14)15(9)20-16-12(18)6-10(17)7-13(16)19/h2-7,9,15,20H,8H2,1H3. The highest BCUT2D eigenvalue weighted by Gasteiger charge is 2.28. The van der Waals surface area contributed by atoms with E-state index in [0.717, 1.165) is 21.5 Å². The average molecular weight is 387 g/mol. The van der Waals surface area contributed by atoms with E-state index >= 15 is 0 Å². The summed E-state index contributed by atoms with van der Waals surface area (Å²) in [6, 6.07) is 11.8. The fourth-order valence-electron chi connectivity index (χ4n) is 2.55. The van der Waals surface area contributed by atoms with Crippen LogP contribution < -0.4 is 10.1 Å². The molecule has 21 heavy (non-hydrogen) atoms. The van der Waals surface area contributed by atoms with Gasteiger partial charge in [0.05, 0.1) is 28.4 Å². The number of benzene rings is 2. The Labute approximate surface area is 142 Å². The second kappa shape index (κ2) is 6.07. The molecule has 0 amide bonds. The molecule has 0 bridgehead atoms. The first-order chi connectivity index (χ1) is 10.1. The Balaban J connectivity index is 1.98. The van der Waals surface area contributed by atoms with Gasteiger partial charge in [-0.15, -0.1) is 0 Å². The predicted molar refractivity (Wildman–Crippen MR) is 91.6 cm³/mol. The number of rotatable bonds is 2. The van der Waals surface area contributed by atoms with E-state index in [1.807, 2.05) is 30.3 Å². The van der Waals surface area contributed by atoms with Gasteiger partial charge < -0.3 is 10.1 Å². The Morgan fingerprint density at radius 1 is 1.19 bits per heavy atom. The summed E-state index contributed by atoms with van der Waals surface area (Å²) in [6.45, 7) is 2.81. The Kier molecular flexibility index (Phi) is 4.34. The lowest BCUT2D eigenvalue weighted by atomic mass is 9.92. The molecule has 1 aliphatic heterocycles. The second-order valence-electron chi connectivity index (χ2n) is 5.19. The van der Waals surface area contributed by atoms with Crippen molar-refractivity contribution in [2.45, 2.75) is 13.0 Å². The molecule has 1 aliphatic rings. The van der Waals surface area contributed by atoms with Gasteiger partial charge in [-0.1, -0.05) is 64.3 Å². The van der Waals surface area contributed by atoms with Crippen LogP contribution in [0.3, 0.4) is 0 Å². The molecule has 2 aromatic rings. The monoisotopic (exact) mass is 385 g/mol. The van der Waals surface area contributed by atoms with Crippen LogP contribution in [0.1, 0.15) is 18.5 Å². The average Bonchev–Trinajstić information content (AvgIpc) is 2.44. The number of fused-ring (bicyclic) bond motifs is 1. The molecule has 5 heteroatoms. The zero-order chi connectivity index (χ0) is 15.0. The first-order valence-electron chi connectivity index (χ1n) is 6.69. The predicted octanol–water partition coefficient (Wildman–Crippen LogP) is 5.94. The van der Waals surface area contributed by atoms with Gasteiger partial charge in [0, 0.05) is 16.0 Å². The van der Waals surface area contributed by atoms with Crippen LogP contribution in [0.4, 0.5) is 5.69 Å². The third-order valence-electron chi connectivity index (χ3n) is 3.63. The lowest BCUT2D eigenvalue weighted by Gasteiger charge is -2.33. The number of para-hydroxylation sites is 1. The Morgan fingerprint density at radius 2 is 1.86 bits per heavy atom. The molecule has 0 saturated heterocycles. The minimum Gasteiger partial charge on any atom is -0.493 e. The van der Waals surface area contributed by atoms with Gasteiger partial charge >= 0.3 is 0 Å². The molecule has 2 unspecified atom stereocenters. The topological polar surface area (TPSA) is 21.3 Å². The van der Waals surface area contributed by atoms with Gasteiger partial charge in [-0.25, -0.2) is 0 Å². The fraction of sp³-hybridized carbons (Fsp3) is 0.250. The summed E-state index contributed by atoms with van der Waals surface area (Å²) in [6.07, 6.45) is 0. The Bertz CT molecular complexity index is 654. The highest BCUT2D eigenvalue weighted by atomic mass is 79.9. The summed E-state index contributed by atoms with van der Waals surface area (Å²) in [5.41, 5.74) is 1.89. The van der Waals surface area contributed by atoms with Crippen LogP contribution in [0.25, 0.3) is 0 Å². The van der Waals surface area contributed by atoms with Crippen LogP contribution in [0.2, 0.25) is 10.0 Å². The van der Waals surface area contributed by atoms with Gasteiger partial charge in [0.1, 0.15) is 5.75 Å². The van der Waals surface area contributed by atoms with E-state index in [0.29, 0.717) is 22.6 Å². The Hall–Kier alpha value is -0.900. The lowest BCUT2D eigenvalue weighted by Crippen LogP contribution is -2.29. The van der Waals surface area contributed by atoms with Crippen molar-refractivity contribution >= 4 is 44.8 Å². The number of ether oxygens (including phenoxy) is 1. The van der Waals surface area contributed by atoms with Crippen molar-refractivity contribution in [1.82, 2.24) is 0 Å². The van der Waals surface area contributed by atoms with E-state index in [1.54, 1.807) is 0 Å². The number of hydrogen-bond acceptors (Lipinski definition) is 2. The molecule has 0 aliphatic carbocycles. The molecule has 0 aromatic heterocycles. The summed E-state index contributed by atoms with van der Waals surface area (Å²) < 4.78 is 6.63. The maximum Gasteiger partial charge on any atom is 0.124 e. The molecule has 0 fully saturated rings. The fourth-order valence-corrected chi connectivity index (χ4v) is 3.87. The van der Waals surface area contributed by atoms with Gasteiger partial charge in [-0.2, -0.15) is 0 Å². The van der Waals surface area contributed by atoms with E-state index in [2.05, 4.69) is 34.2 Å². The molecule has 1 N–H and O–H groups in total. The maximum absolute atomic E-state index is 6.32. The molecular formula is C16H14BrCl2NO. The number of halogens is 3. The summed E-state index contributed by atoms with van der Waals surface area (Å²) in [7, 11) is 0. The van der Waals surface area contributed by atoms with Crippen LogP contribution in [-0.4, -0.2) is 6.61 Å². The summed E-state index contributed by atoms with van der Waals surface area (Å²) in [4.78, 5) is 0. The summed E-state index contributed by atoms with van der Waals surface area (Å²) in [5.74, 6) is 1.23. The first-order valence-corrected chi connectivity index (χ1v) is 8.24. The van der Waals surface area contributed by atoms with Gasteiger partial charge in [-0.05, 0) is 18.2 Å². The molecule has 0 radical (unpaired) electrons. The zero-order valence-electron chi connectivity index (χ0n) is 11.4. The molecule has 110 valence electrons. The highest BCUT2D eigenvalue weighted by Crippen LogP contribution is 2.41. The number of nitrogens with one attached hydrogen (secondary N) is 1. The normalized spacial score (nSPS) is 20.6. The van der Waals surface area contributed by atoms with E-state index in [1.165, 1.54) is 0 Å². The molecule has 1 heterocycles. The van der Waals surface area contributed by atoms with Crippen LogP contribution in [0.5, 0.6) is 5.75 Å². The van der Waals surface area contributed by atoms with E-state index < -0.39 is 0 Å². The molecular weight excluding hydrogens is 373 g/mol. The second-order valence-corrected chi connectivity index (χ2v) is 6.92. The molecule has 0 spiro atoms. The zero-order valence-corrected chi connectivity index (χ0v) is 14.5. The van der Waals surface area contributed by atoms with Gasteiger partial charge in [0.25, 0.3) is 0 Å². The van der Waals surface area contributed by atoms with Crippen molar-refractivity contribution in [3.05, 3.63) is 56.5 Å². The minimum atomic E-state index is 0.117. The van der Waals surface area contributed by atoms with Crippen molar-refractivity contribution in [3.8, 4) is 5.75 Å². The smallest absolute Gasteiger partial charge is 0.124 e. The van der Waals surface area contributed by atoms with Crippen molar-refractivity contribution in [3.63, 3.8) is 0 Å². The van der Waals surface area contributed by atoms with Gasteiger partial charge in [-0.3, -0.25) is 0 Å². The summed E-state index contributed by atoms with van der Waals surface area (Å²) >= 11 is 16.0. The highest BCUT2D eigenvalue weighted by molar-refractivity contribution is 9.10. The van der Waals surface area contributed by atoms with Crippen molar-refractivity contribution in [1.29, 1.82) is 0 Å². The van der Waals surface area contributed by atoms with E-state index in [9.17, 15) is 0 Å². The maximum atomic E-state index is 6.32. The third-order valence-corrected chi connectivity index (χ3v) is 4.69. The molecule has 2 aromatic carbocycles. The molecule has 3 rings (SSSR count). The van der Waals surface area contributed by atoms with Crippen LogP contribution in [0, 0.1) is 5.92 Å². The van der Waals surface area contributed by atoms with Crippen LogP contribution in [0.15, 0.2) is 40.9 Å². The van der Waals surface area contributed by atoms with E-state index in [-0.39, 0.29) is 6.04 Å². The van der Waals surface area contributed by atoms with Crippen LogP contribution in [-0.2, 0) is 0 Å². The quantitative estimate of drug-likeness (QED) is 0.689. The number of anilines is 1. The third kappa shape index (κ3) is 3.01. The van der Waals surface area contributed by atoms with Crippen LogP contribution >= 0.6 is 39.1 Å². The number of hydrogen-bond donors (Lipinski definition) is 1. The van der Waals surface area contributed by atoms with Gasteiger partial charge in [0.15, 0.2) is 0 Å². The van der Waals surface area contributed by atoms with Gasteiger partial charge in [0.2, 0.25) is 0 Å². The molecule has 2 nitrogen and oxygen atoms in total. The van der Waals surface area contributed by atoms with Crippen molar-refractivity contribution in [2.75, 3.05) is 11.9 Å². The van der Waals surface area contributed by atoms with E-state index in [4.69, 9.17) is 27.9 Å². The van der Waals surface area contributed by atoms with Crippen molar-refractivity contribution in [2.24, 2.45) is 5.92 Å². The SMILES string of the molecule is CC1COc2ccccc2C1Nc1c(Cl)cc(Br)cc1Cl. The Morgan fingerprint density at radius 3 is 2.57 bits per heavy atom. The first kappa shape index (κ1) is 15.0. The molecule has 2 atom stereocenters. The largest absolute Gasteiger partial charge is 0.493 e. The molecule has 0 saturated carbocycles. The minimum absolute atomic E-state index is 0.117. The summed E-state index contributed by atoms with van der Waals surface area (Å²) in [5, 5.41) is 4.69.